The Bertz CT molecular complexity index is 590. The van der Waals surface area contributed by atoms with Gasteiger partial charge in [0.05, 0.1) is 12.2 Å². The van der Waals surface area contributed by atoms with E-state index in [1.807, 2.05) is 37.3 Å². The zero-order chi connectivity index (χ0) is 13.9. The predicted molar refractivity (Wildman–Crippen MR) is 73.3 cm³/mol. The van der Waals surface area contributed by atoms with Crippen LogP contribution in [0.15, 0.2) is 36.5 Å². The minimum atomic E-state index is -0.331. The number of benzene rings is 1. The molecule has 0 unspecified atom stereocenters. The van der Waals surface area contributed by atoms with Gasteiger partial charge in [0.1, 0.15) is 6.10 Å². The van der Waals surface area contributed by atoms with Crippen LogP contribution in [0, 0.1) is 0 Å². The van der Waals surface area contributed by atoms with Gasteiger partial charge >= 0.3 is 5.97 Å². The van der Waals surface area contributed by atoms with Crippen molar-refractivity contribution in [2.45, 2.75) is 38.3 Å². The third-order valence-electron chi connectivity index (χ3n) is 3.76. The molecule has 1 saturated carbocycles. The monoisotopic (exact) mass is 271 g/mol. The molecule has 20 heavy (non-hydrogen) atoms. The second-order valence-corrected chi connectivity index (χ2v) is 5.11. The molecule has 2 aromatic rings. The number of aromatic nitrogens is 3. The van der Waals surface area contributed by atoms with Crippen molar-refractivity contribution in [2.24, 2.45) is 0 Å². The summed E-state index contributed by atoms with van der Waals surface area (Å²) in [6.07, 6.45) is 4.59. The van der Waals surface area contributed by atoms with E-state index in [0.29, 0.717) is 5.69 Å². The van der Waals surface area contributed by atoms with Gasteiger partial charge in [-0.15, -0.1) is 5.10 Å². The highest BCUT2D eigenvalue weighted by Crippen LogP contribution is 2.24. The normalized spacial score (nSPS) is 16.4. The van der Waals surface area contributed by atoms with Gasteiger partial charge in [-0.3, -0.25) is 0 Å². The Morgan fingerprint density at radius 2 is 2.10 bits per heavy atom. The number of carbonyl (C=O) groups excluding carboxylic acids is 1. The second kappa shape index (κ2) is 5.45. The average molecular weight is 271 g/mol. The molecule has 0 spiro atoms. The fourth-order valence-corrected chi connectivity index (χ4v) is 2.25. The number of hydrogen-bond donors (Lipinski definition) is 0. The van der Waals surface area contributed by atoms with Gasteiger partial charge in [-0.25, -0.2) is 9.48 Å². The van der Waals surface area contributed by atoms with Crippen molar-refractivity contribution < 1.29 is 9.53 Å². The van der Waals surface area contributed by atoms with Gasteiger partial charge in [-0.1, -0.05) is 35.5 Å². The minimum absolute atomic E-state index is 0.0531. The van der Waals surface area contributed by atoms with Gasteiger partial charge in [0, 0.05) is 0 Å². The molecule has 1 aliphatic rings. The summed E-state index contributed by atoms with van der Waals surface area (Å²) < 4.78 is 7.04. The lowest BCUT2D eigenvalue weighted by Gasteiger charge is -2.25. The highest BCUT2D eigenvalue weighted by Gasteiger charge is 2.26. The summed E-state index contributed by atoms with van der Waals surface area (Å²) in [6, 6.07) is 9.86. The molecule has 1 atom stereocenters. The van der Waals surface area contributed by atoms with Gasteiger partial charge in [0.15, 0.2) is 5.69 Å². The zero-order valence-corrected chi connectivity index (χ0v) is 11.4. The summed E-state index contributed by atoms with van der Waals surface area (Å²) in [5.41, 5.74) is 1.49. The van der Waals surface area contributed by atoms with Gasteiger partial charge in [0.25, 0.3) is 0 Å². The van der Waals surface area contributed by atoms with Crippen LogP contribution in [0.3, 0.4) is 0 Å². The number of carbonyl (C=O) groups is 1. The lowest BCUT2D eigenvalue weighted by atomic mass is 9.96. The van der Waals surface area contributed by atoms with E-state index >= 15 is 0 Å². The van der Waals surface area contributed by atoms with E-state index in [2.05, 4.69) is 10.3 Å². The molecule has 5 heteroatoms. The van der Waals surface area contributed by atoms with Crippen LogP contribution in [0.25, 0.3) is 0 Å². The highest BCUT2D eigenvalue weighted by atomic mass is 16.5. The Labute approximate surface area is 117 Å². The molecule has 0 saturated heterocycles. The van der Waals surface area contributed by atoms with E-state index in [4.69, 9.17) is 4.74 Å². The maximum atomic E-state index is 12.1. The molecule has 1 aromatic heterocycles. The first-order valence-electron chi connectivity index (χ1n) is 6.92. The SMILES string of the molecule is C[C@H](c1ccccc1)n1nncc1C(=O)OC1CCC1. The van der Waals surface area contributed by atoms with Gasteiger partial charge in [-0.05, 0) is 31.7 Å². The topological polar surface area (TPSA) is 57.0 Å². The van der Waals surface area contributed by atoms with Crippen molar-refractivity contribution in [1.29, 1.82) is 0 Å². The quantitative estimate of drug-likeness (QED) is 0.802. The molecule has 0 N–H and O–H groups in total. The van der Waals surface area contributed by atoms with E-state index in [1.54, 1.807) is 4.68 Å². The number of esters is 1. The molecule has 1 heterocycles. The Kier molecular flexibility index (Phi) is 3.50. The van der Waals surface area contributed by atoms with Crippen LogP contribution in [0.4, 0.5) is 0 Å². The Morgan fingerprint density at radius 3 is 2.75 bits per heavy atom. The first-order valence-corrected chi connectivity index (χ1v) is 6.92. The van der Waals surface area contributed by atoms with Crippen LogP contribution in [0.2, 0.25) is 0 Å². The third kappa shape index (κ3) is 2.43. The Balaban J connectivity index is 1.80. The number of rotatable bonds is 4. The molecule has 5 nitrogen and oxygen atoms in total. The van der Waals surface area contributed by atoms with Crippen LogP contribution in [0.1, 0.15) is 48.3 Å². The summed E-state index contributed by atoms with van der Waals surface area (Å²) in [5, 5.41) is 7.88. The van der Waals surface area contributed by atoms with Crippen LogP contribution < -0.4 is 0 Å². The zero-order valence-electron chi connectivity index (χ0n) is 11.4. The lowest BCUT2D eigenvalue weighted by molar-refractivity contribution is 0.00760. The van der Waals surface area contributed by atoms with Crippen LogP contribution in [0.5, 0.6) is 0 Å². The maximum Gasteiger partial charge on any atom is 0.358 e. The number of nitrogens with zero attached hydrogens (tertiary/aromatic N) is 3. The van der Waals surface area contributed by atoms with E-state index in [-0.39, 0.29) is 18.1 Å². The van der Waals surface area contributed by atoms with Crippen molar-refractivity contribution in [3.8, 4) is 0 Å². The Hall–Kier alpha value is -2.17. The van der Waals surface area contributed by atoms with E-state index < -0.39 is 0 Å². The summed E-state index contributed by atoms with van der Waals surface area (Å²) in [4.78, 5) is 12.1. The van der Waals surface area contributed by atoms with Gasteiger partial charge in [-0.2, -0.15) is 0 Å². The molecule has 0 radical (unpaired) electrons. The fraction of sp³-hybridized carbons (Fsp3) is 0.400. The number of ether oxygens (including phenoxy) is 1. The standard InChI is InChI=1S/C15H17N3O2/c1-11(12-6-3-2-4-7-12)18-14(10-16-17-18)15(19)20-13-8-5-9-13/h2-4,6-7,10-11,13H,5,8-9H2,1H3/t11-/m1/s1. The molecule has 0 bridgehead atoms. The van der Waals surface area contributed by atoms with Crippen molar-refractivity contribution in [2.75, 3.05) is 0 Å². The largest absolute Gasteiger partial charge is 0.458 e. The third-order valence-corrected chi connectivity index (χ3v) is 3.76. The number of hydrogen-bond acceptors (Lipinski definition) is 4. The molecule has 1 fully saturated rings. The van der Waals surface area contributed by atoms with E-state index in [1.165, 1.54) is 6.20 Å². The van der Waals surface area contributed by atoms with Gasteiger partial charge < -0.3 is 4.74 Å². The highest BCUT2D eigenvalue weighted by molar-refractivity contribution is 5.87. The fourth-order valence-electron chi connectivity index (χ4n) is 2.25. The van der Waals surface area contributed by atoms with Crippen molar-refractivity contribution in [3.05, 3.63) is 47.8 Å². The van der Waals surface area contributed by atoms with Gasteiger partial charge in [0.2, 0.25) is 0 Å². The predicted octanol–water partition coefficient (Wildman–Crippen LogP) is 2.60. The summed E-state index contributed by atoms with van der Waals surface area (Å²) in [5.74, 6) is -0.331. The molecule has 0 amide bonds. The van der Waals surface area contributed by atoms with Crippen LogP contribution >= 0.6 is 0 Å². The molecule has 1 aromatic carbocycles. The van der Waals surface area contributed by atoms with Crippen LogP contribution in [-0.2, 0) is 4.74 Å². The molecule has 1 aliphatic carbocycles. The molecular formula is C15H17N3O2. The van der Waals surface area contributed by atoms with Crippen LogP contribution in [-0.4, -0.2) is 27.1 Å². The molecule has 3 rings (SSSR count). The minimum Gasteiger partial charge on any atom is -0.458 e. The summed E-state index contributed by atoms with van der Waals surface area (Å²) >= 11 is 0. The Morgan fingerprint density at radius 1 is 1.35 bits per heavy atom. The van der Waals surface area contributed by atoms with Crippen molar-refractivity contribution >= 4 is 5.97 Å². The molecular weight excluding hydrogens is 254 g/mol. The van der Waals surface area contributed by atoms with E-state index in [9.17, 15) is 4.79 Å². The smallest absolute Gasteiger partial charge is 0.358 e. The first-order chi connectivity index (χ1) is 9.75. The van der Waals surface area contributed by atoms with E-state index in [0.717, 1.165) is 24.8 Å². The molecule has 104 valence electrons. The van der Waals surface area contributed by atoms with Crippen molar-refractivity contribution in [1.82, 2.24) is 15.0 Å². The molecule has 0 aliphatic heterocycles. The average Bonchev–Trinajstić information content (AvgIpc) is 2.92. The second-order valence-electron chi connectivity index (χ2n) is 5.11. The summed E-state index contributed by atoms with van der Waals surface area (Å²) in [7, 11) is 0. The lowest BCUT2D eigenvalue weighted by Crippen LogP contribution is -2.27. The maximum absolute atomic E-state index is 12.1. The summed E-state index contributed by atoms with van der Waals surface area (Å²) in [6.45, 7) is 1.99. The van der Waals surface area contributed by atoms with Crippen molar-refractivity contribution in [3.63, 3.8) is 0 Å². The first kappa shape index (κ1) is 12.8.